The molecule has 1 saturated carbocycles. The van der Waals surface area contributed by atoms with E-state index in [0.717, 1.165) is 25.7 Å². The van der Waals surface area contributed by atoms with Crippen LogP contribution in [0.1, 0.15) is 36.4 Å². The molecule has 1 aliphatic heterocycles. The third-order valence-corrected chi connectivity index (χ3v) is 7.79. The Kier molecular flexibility index (Phi) is 6.05. The maximum Gasteiger partial charge on any atom is 0.324 e. The molecule has 0 bridgehead atoms. The van der Waals surface area contributed by atoms with Crippen LogP contribution in [0.4, 0.5) is 4.79 Å². The second kappa shape index (κ2) is 8.73. The number of carbonyl (C=O) groups excluding carboxylic acids is 2. The molecule has 1 aliphatic carbocycles. The predicted octanol–water partition coefficient (Wildman–Crippen LogP) is 2.53. The van der Waals surface area contributed by atoms with Gasteiger partial charge >= 0.3 is 6.03 Å². The summed E-state index contributed by atoms with van der Waals surface area (Å²) in [6, 6.07) is 6.26. The van der Waals surface area contributed by atoms with Crippen molar-refractivity contribution in [1.82, 2.24) is 15.2 Å². The molecule has 1 saturated heterocycles. The Morgan fingerprint density at radius 3 is 2.77 bits per heavy atom. The SMILES string of the molecule is O=C1CN(Cc2nc(CCS(=O)(=O)c3cccc(OC4CCCC4)c3)cs2)C(=O)N1. The zero-order chi connectivity index (χ0) is 21.1. The number of sulfone groups is 1. The van der Waals surface area contributed by atoms with Crippen LogP contribution in [0.15, 0.2) is 34.5 Å². The average Bonchev–Trinajstić information content (AvgIpc) is 3.44. The number of urea groups is 1. The lowest BCUT2D eigenvalue weighted by Gasteiger charge is -2.14. The number of aryl methyl sites for hydroxylation is 1. The third kappa shape index (κ3) is 4.99. The van der Waals surface area contributed by atoms with Gasteiger partial charge in [-0.2, -0.15) is 0 Å². The number of hydrogen-bond donors (Lipinski definition) is 1. The van der Waals surface area contributed by atoms with Crippen molar-refractivity contribution in [1.29, 1.82) is 0 Å². The Labute approximate surface area is 179 Å². The van der Waals surface area contributed by atoms with Crippen LogP contribution in [0.25, 0.3) is 0 Å². The molecule has 1 aromatic heterocycles. The van der Waals surface area contributed by atoms with Crippen LogP contribution >= 0.6 is 11.3 Å². The van der Waals surface area contributed by atoms with E-state index in [0.29, 0.717) is 16.5 Å². The number of imide groups is 1. The Morgan fingerprint density at radius 1 is 1.23 bits per heavy atom. The Hall–Kier alpha value is -2.46. The fourth-order valence-corrected chi connectivity index (χ4v) is 5.74. The molecular formula is C20H23N3O5S2. The monoisotopic (exact) mass is 449 g/mol. The summed E-state index contributed by atoms with van der Waals surface area (Å²) in [5.74, 6) is 0.200. The van der Waals surface area contributed by atoms with Crippen molar-refractivity contribution >= 4 is 33.1 Å². The fourth-order valence-electron chi connectivity index (χ4n) is 3.61. The molecule has 160 valence electrons. The van der Waals surface area contributed by atoms with Crippen LogP contribution in [0.3, 0.4) is 0 Å². The number of nitrogens with zero attached hydrogens (tertiary/aromatic N) is 2. The minimum absolute atomic E-state index is 0.0153. The lowest BCUT2D eigenvalue weighted by atomic mass is 10.3. The van der Waals surface area contributed by atoms with Crippen molar-refractivity contribution in [3.63, 3.8) is 0 Å². The van der Waals surface area contributed by atoms with Gasteiger partial charge in [0.15, 0.2) is 9.84 Å². The summed E-state index contributed by atoms with van der Waals surface area (Å²) in [6.07, 6.45) is 4.77. The van der Waals surface area contributed by atoms with Crippen LogP contribution in [0, 0.1) is 0 Å². The quantitative estimate of drug-likeness (QED) is 0.621. The minimum atomic E-state index is -3.48. The van der Waals surface area contributed by atoms with Gasteiger partial charge in [-0.25, -0.2) is 18.2 Å². The molecule has 2 aromatic rings. The van der Waals surface area contributed by atoms with E-state index in [9.17, 15) is 18.0 Å². The average molecular weight is 450 g/mol. The second-order valence-corrected chi connectivity index (χ2v) is 10.6. The van der Waals surface area contributed by atoms with Gasteiger partial charge in [-0.3, -0.25) is 10.1 Å². The highest BCUT2D eigenvalue weighted by Crippen LogP contribution is 2.26. The number of benzene rings is 1. The number of aromatic nitrogens is 1. The molecule has 2 aliphatic rings. The number of ether oxygens (including phenoxy) is 1. The molecule has 1 N–H and O–H groups in total. The molecule has 8 nitrogen and oxygen atoms in total. The molecule has 2 fully saturated rings. The van der Waals surface area contributed by atoms with Gasteiger partial charge in [-0.15, -0.1) is 11.3 Å². The van der Waals surface area contributed by atoms with E-state index in [-0.39, 0.29) is 42.2 Å². The van der Waals surface area contributed by atoms with Crippen molar-refractivity contribution in [2.45, 2.75) is 49.6 Å². The van der Waals surface area contributed by atoms with Crippen LogP contribution < -0.4 is 10.1 Å². The van der Waals surface area contributed by atoms with Crippen molar-refractivity contribution in [2.75, 3.05) is 12.3 Å². The number of hydrogen-bond acceptors (Lipinski definition) is 7. The van der Waals surface area contributed by atoms with E-state index < -0.39 is 15.9 Å². The molecule has 4 rings (SSSR count). The van der Waals surface area contributed by atoms with E-state index in [1.165, 1.54) is 16.2 Å². The molecule has 0 radical (unpaired) electrons. The molecule has 30 heavy (non-hydrogen) atoms. The molecule has 2 heterocycles. The molecule has 0 atom stereocenters. The highest BCUT2D eigenvalue weighted by Gasteiger charge is 2.27. The zero-order valence-electron chi connectivity index (χ0n) is 16.4. The van der Waals surface area contributed by atoms with E-state index in [2.05, 4.69) is 10.3 Å². The van der Waals surface area contributed by atoms with Crippen LogP contribution in [-0.2, 0) is 27.6 Å². The molecule has 0 spiro atoms. The summed E-state index contributed by atoms with van der Waals surface area (Å²) in [6.45, 7) is 0.247. The molecule has 10 heteroatoms. The maximum absolute atomic E-state index is 12.8. The summed E-state index contributed by atoms with van der Waals surface area (Å²) in [7, 11) is -3.48. The highest BCUT2D eigenvalue weighted by atomic mass is 32.2. The molecule has 0 unspecified atom stereocenters. The standard InChI is InChI=1S/C20H23N3O5S2/c24-18-11-23(20(25)22-18)12-19-21-14(13-29-19)8-9-30(26,27)17-7-3-6-16(10-17)28-15-4-1-2-5-15/h3,6-7,10,13,15H,1-2,4-5,8-9,11-12H2,(H,22,24,25). The van der Waals surface area contributed by atoms with Gasteiger partial charge in [-0.05, 0) is 43.9 Å². The van der Waals surface area contributed by atoms with Crippen LogP contribution in [-0.4, -0.2) is 48.6 Å². The fraction of sp³-hybridized carbons (Fsp3) is 0.450. The second-order valence-electron chi connectivity index (χ2n) is 7.51. The van der Waals surface area contributed by atoms with Gasteiger partial charge in [0.2, 0.25) is 5.91 Å². The summed E-state index contributed by atoms with van der Waals surface area (Å²) in [4.78, 5) is 28.9. The van der Waals surface area contributed by atoms with Gasteiger partial charge in [-0.1, -0.05) is 6.07 Å². The first-order valence-electron chi connectivity index (χ1n) is 9.90. The Balaban J connectivity index is 1.35. The van der Waals surface area contributed by atoms with E-state index >= 15 is 0 Å². The molecular weight excluding hydrogens is 426 g/mol. The van der Waals surface area contributed by atoms with Crippen molar-refractivity contribution in [2.24, 2.45) is 0 Å². The first-order chi connectivity index (χ1) is 14.4. The largest absolute Gasteiger partial charge is 0.490 e. The van der Waals surface area contributed by atoms with Gasteiger partial charge in [0.05, 0.1) is 29.0 Å². The van der Waals surface area contributed by atoms with Crippen LogP contribution in [0.2, 0.25) is 0 Å². The number of nitrogens with one attached hydrogen (secondary N) is 1. The summed E-state index contributed by atoms with van der Waals surface area (Å²) in [5.41, 5.74) is 0.655. The summed E-state index contributed by atoms with van der Waals surface area (Å²) >= 11 is 1.35. The maximum atomic E-state index is 12.8. The van der Waals surface area contributed by atoms with E-state index in [1.807, 2.05) is 0 Å². The smallest absolute Gasteiger partial charge is 0.324 e. The first kappa shape index (κ1) is 20.8. The topological polar surface area (TPSA) is 106 Å². The first-order valence-corrected chi connectivity index (χ1v) is 12.4. The normalized spacial score (nSPS) is 17.5. The number of carbonyl (C=O) groups is 2. The van der Waals surface area contributed by atoms with Gasteiger partial charge in [0.1, 0.15) is 17.3 Å². The van der Waals surface area contributed by atoms with Crippen LogP contribution in [0.5, 0.6) is 5.75 Å². The zero-order valence-corrected chi connectivity index (χ0v) is 18.0. The summed E-state index contributed by atoms with van der Waals surface area (Å²) in [5, 5.41) is 4.68. The van der Waals surface area contributed by atoms with Crippen molar-refractivity contribution in [3.8, 4) is 5.75 Å². The van der Waals surface area contributed by atoms with Crippen molar-refractivity contribution in [3.05, 3.63) is 40.3 Å². The van der Waals surface area contributed by atoms with Gasteiger partial charge in [0, 0.05) is 11.8 Å². The third-order valence-electron chi connectivity index (χ3n) is 5.19. The van der Waals surface area contributed by atoms with Gasteiger partial charge in [0.25, 0.3) is 0 Å². The van der Waals surface area contributed by atoms with E-state index in [4.69, 9.17) is 4.74 Å². The van der Waals surface area contributed by atoms with Gasteiger partial charge < -0.3 is 9.64 Å². The number of amides is 3. The Morgan fingerprint density at radius 2 is 2.03 bits per heavy atom. The lowest BCUT2D eigenvalue weighted by Crippen LogP contribution is -2.27. The Bertz CT molecular complexity index is 1040. The number of rotatable bonds is 8. The molecule has 3 amide bonds. The highest BCUT2D eigenvalue weighted by molar-refractivity contribution is 7.91. The lowest BCUT2D eigenvalue weighted by molar-refractivity contribution is -0.118. The summed E-state index contributed by atoms with van der Waals surface area (Å²) < 4.78 is 31.5. The minimum Gasteiger partial charge on any atom is -0.490 e. The predicted molar refractivity (Wildman–Crippen MR) is 111 cm³/mol. The van der Waals surface area contributed by atoms with Crippen molar-refractivity contribution < 1.29 is 22.7 Å². The van der Waals surface area contributed by atoms with E-state index in [1.54, 1.807) is 29.6 Å². The molecule has 1 aromatic carbocycles. The number of thiazole rings is 1.